The first-order chi connectivity index (χ1) is 9.75. The highest BCUT2D eigenvalue weighted by Crippen LogP contribution is 2.39. The highest BCUT2D eigenvalue weighted by atomic mass is 16.5. The summed E-state index contributed by atoms with van der Waals surface area (Å²) in [5.74, 6) is 0.882. The van der Waals surface area contributed by atoms with Crippen molar-refractivity contribution in [2.24, 2.45) is 0 Å². The SMILES string of the molecule is CCOC1(C(=O)c2cccc(C3CCC3)c2)CCCC1. The van der Waals surface area contributed by atoms with Crippen LogP contribution in [0.3, 0.4) is 0 Å². The second-order valence-corrected chi connectivity index (χ2v) is 6.22. The number of hydrogen-bond donors (Lipinski definition) is 0. The summed E-state index contributed by atoms with van der Waals surface area (Å²) in [6.45, 7) is 2.60. The number of carbonyl (C=O) groups is 1. The lowest BCUT2D eigenvalue weighted by Crippen LogP contribution is -2.39. The van der Waals surface area contributed by atoms with Crippen molar-refractivity contribution < 1.29 is 9.53 Å². The first kappa shape index (κ1) is 13.8. The van der Waals surface area contributed by atoms with Gasteiger partial charge in [-0.25, -0.2) is 0 Å². The minimum absolute atomic E-state index is 0.207. The van der Waals surface area contributed by atoms with Gasteiger partial charge >= 0.3 is 0 Å². The molecule has 2 aliphatic rings. The maximum Gasteiger partial charge on any atom is 0.194 e. The standard InChI is InChI=1S/C18H24O2/c1-2-20-18(11-3-4-12-18)17(19)16-10-6-9-15(13-16)14-7-5-8-14/h6,9-10,13-14H,2-5,7-8,11-12H2,1H3. The van der Waals surface area contributed by atoms with Crippen molar-refractivity contribution in [3.05, 3.63) is 35.4 Å². The van der Waals surface area contributed by atoms with Gasteiger partial charge in [0.1, 0.15) is 5.60 Å². The monoisotopic (exact) mass is 272 g/mol. The smallest absolute Gasteiger partial charge is 0.194 e. The van der Waals surface area contributed by atoms with Crippen LogP contribution in [0.1, 0.15) is 73.7 Å². The molecule has 2 heteroatoms. The Morgan fingerprint density at radius 2 is 2.00 bits per heavy atom. The highest BCUT2D eigenvalue weighted by molar-refractivity contribution is 6.02. The molecule has 0 N–H and O–H groups in total. The Kier molecular flexibility index (Phi) is 3.93. The molecule has 0 atom stereocenters. The summed E-state index contributed by atoms with van der Waals surface area (Å²) < 4.78 is 5.90. The molecular weight excluding hydrogens is 248 g/mol. The third kappa shape index (κ3) is 2.42. The van der Waals surface area contributed by atoms with Gasteiger partial charge in [0, 0.05) is 12.2 Å². The van der Waals surface area contributed by atoms with Crippen LogP contribution < -0.4 is 0 Å². The Bertz CT molecular complexity index is 482. The van der Waals surface area contributed by atoms with Crippen LogP contribution in [0.4, 0.5) is 0 Å². The summed E-state index contributed by atoms with van der Waals surface area (Å²) in [7, 11) is 0. The van der Waals surface area contributed by atoms with E-state index in [1.807, 2.05) is 19.1 Å². The van der Waals surface area contributed by atoms with Gasteiger partial charge in [-0.3, -0.25) is 4.79 Å². The van der Waals surface area contributed by atoms with E-state index in [0.29, 0.717) is 12.5 Å². The molecule has 0 spiro atoms. The van der Waals surface area contributed by atoms with Gasteiger partial charge in [-0.2, -0.15) is 0 Å². The van der Waals surface area contributed by atoms with Gasteiger partial charge in [0.15, 0.2) is 5.78 Å². The number of ketones is 1. The molecule has 0 amide bonds. The molecule has 0 aromatic heterocycles. The molecule has 2 nitrogen and oxygen atoms in total. The van der Waals surface area contributed by atoms with E-state index < -0.39 is 5.60 Å². The van der Waals surface area contributed by atoms with E-state index >= 15 is 0 Å². The van der Waals surface area contributed by atoms with Crippen molar-refractivity contribution in [2.45, 2.75) is 63.4 Å². The van der Waals surface area contributed by atoms with Crippen LogP contribution in [0.2, 0.25) is 0 Å². The highest BCUT2D eigenvalue weighted by Gasteiger charge is 2.42. The second kappa shape index (κ2) is 5.69. The summed E-state index contributed by atoms with van der Waals surface area (Å²) in [6, 6.07) is 8.28. The molecule has 0 bridgehead atoms. The van der Waals surface area contributed by atoms with Gasteiger partial charge in [-0.15, -0.1) is 0 Å². The molecular formula is C18H24O2. The fraction of sp³-hybridized carbons (Fsp3) is 0.611. The number of Topliss-reactive ketones (excluding diaryl/α,β-unsaturated/α-hetero) is 1. The predicted molar refractivity (Wildman–Crippen MR) is 80.2 cm³/mol. The van der Waals surface area contributed by atoms with Crippen molar-refractivity contribution in [1.29, 1.82) is 0 Å². The van der Waals surface area contributed by atoms with Gasteiger partial charge in [0.2, 0.25) is 0 Å². The quantitative estimate of drug-likeness (QED) is 0.738. The first-order valence-electron chi connectivity index (χ1n) is 8.04. The van der Waals surface area contributed by atoms with Crippen LogP contribution in [0.15, 0.2) is 24.3 Å². The molecule has 2 aliphatic carbocycles. The van der Waals surface area contributed by atoms with Crippen LogP contribution in [-0.4, -0.2) is 18.0 Å². The van der Waals surface area contributed by atoms with Gasteiger partial charge in [0.05, 0.1) is 0 Å². The fourth-order valence-corrected chi connectivity index (χ4v) is 3.60. The maximum atomic E-state index is 12.9. The van der Waals surface area contributed by atoms with Crippen LogP contribution in [0, 0.1) is 0 Å². The zero-order valence-electron chi connectivity index (χ0n) is 12.4. The summed E-state index contributed by atoms with van der Waals surface area (Å²) >= 11 is 0. The Morgan fingerprint density at radius 3 is 2.60 bits per heavy atom. The molecule has 1 aromatic rings. The molecule has 0 unspecified atom stereocenters. The topological polar surface area (TPSA) is 26.3 Å². The van der Waals surface area contributed by atoms with E-state index in [-0.39, 0.29) is 5.78 Å². The lowest BCUT2D eigenvalue weighted by Gasteiger charge is -2.29. The normalized spacial score (nSPS) is 21.6. The molecule has 2 fully saturated rings. The third-order valence-corrected chi connectivity index (χ3v) is 4.97. The van der Waals surface area contributed by atoms with Crippen molar-refractivity contribution in [3.63, 3.8) is 0 Å². The minimum atomic E-state index is -0.535. The largest absolute Gasteiger partial charge is 0.367 e. The number of carbonyl (C=O) groups excluding carboxylic acids is 1. The zero-order chi connectivity index (χ0) is 14.0. The molecule has 20 heavy (non-hydrogen) atoms. The summed E-state index contributed by atoms with van der Waals surface area (Å²) in [5, 5.41) is 0. The lowest BCUT2D eigenvalue weighted by atomic mass is 9.79. The number of hydrogen-bond acceptors (Lipinski definition) is 2. The molecule has 2 saturated carbocycles. The average molecular weight is 272 g/mol. The van der Waals surface area contributed by atoms with Crippen molar-refractivity contribution in [1.82, 2.24) is 0 Å². The fourth-order valence-electron chi connectivity index (χ4n) is 3.60. The van der Waals surface area contributed by atoms with E-state index in [1.54, 1.807) is 0 Å². The average Bonchev–Trinajstić information content (AvgIpc) is 2.86. The van der Waals surface area contributed by atoms with E-state index in [2.05, 4.69) is 12.1 Å². The molecule has 3 rings (SSSR count). The van der Waals surface area contributed by atoms with Crippen molar-refractivity contribution in [3.8, 4) is 0 Å². The molecule has 0 saturated heterocycles. The Hall–Kier alpha value is -1.15. The van der Waals surface area contributed by atoms with Crippen molar-refractivity contribution >= 4 is 5.78 Å². The molecule has 0 radical (unpaired) electrons. The number of rotatable bonds is 5. The molecule has 108 valence electrons. The molecule has 0 aliphatic heterocycles. The molecule has 1 aromatic carbocycles. The van der Waals surface area contributed by atoms with Gasteiger partial charge in [-0.05, 0) is 63.0 Å². The summed E-state index contributed by atoms with van der Waals surface area (Å²) in [6.07, 6.45) is 7.84. The van der Waals surface area contributed by atoms with Gasteiger partial charge in [-0.1, -0.05) is 24.6 Å². The van der Waals surface area contributed by atoms with E-state index in [9.17, 15) is 4.79 Å². The third-order valence-electron chi connectivity index (χ3n) is 4.97. The van der Waals surface area contributed by atoms with Crippen molar-refractivity contribution in [2.75, 3.05) is 6.61 Å². The maximum absolute atomic E-state index is 12.9. The van der Waals surface area contributed by atoms with E-state index in [4.69, 9.17) is 4.74 Å². The Balaban J connectivity index is 1.85. The lowest BCUT2D eigenvalue weighted by molar-refractivity contribution is -0.0163. The predicted octanol–water partition coefficient (Wildman–Crippen LogP) is 4.49. The Morgan fingerprint density at radius 1 is 1.25 bits per heavy atom. The summed E-state index contributed by atoms with van der Waals surface area (Å²) in [5.41, 5.74) is 1.66. The second-order valence-electron chi connectivity index (χ2n) is 6.22. The Labute approximate surface area is 121 Å². The van der Waals surface area contributed by atoms with E-state index in [1.165, 1.54) is 24.8 Å². The van der Waals surface area contributed by atoms with Gasteiger partial charge in [0.25, 0.3) is 0 Å². The summed E-state index contributed by atoms with van der Waals surface area (Å²) in [4.78, 5) is 12.9. The van der Waals surface area contributed by atoms with Crippen LogP contribution in [0.25, 0.3) is 0 Å². The van der Waals surface area contributed by atoms with Gasteiger partial charge < -0.3 is 4.74 Å². The van der Waals surface area contributed by atoms with Crippen LogP contribution in [-0.2, 0) is 4.74 Å². The number of ether oxygens (including phenoxy) is 1. The minimum Gasteiger partial charge on any atom is -0.367 e. The molecule has 0 heterocycles. The van der Waals surface area contributed by atoms with E-state index in [0.717, 1.165) is 31.2 Å². The van der Waals surface area contributed by atoms with Crippen LogP contribution >= 0.6 is 0 Å². The van der Waals surface area contributed by atoms with Crippen LogP contribution in [0.5, 0.6) is 0 Å². The number of benzene rings is 1. The first-order valence-corrected chi connectivity index (χ1v) is 8.04. The zero-order valence-corrected chi connectivity index (χ0v) is 12.4.